The summed E-state index contributed by atoms with van der Waals surface area (Å²) in [6.45, 7) is 0.856. The van der Waals surface area contributed by atoms with Gasteiger partial charge in [0.25, 0.3) is 5.91 Å². The van der Waals surface area contributed by atoms with Gasteiger partial charge in [-0.1, -0.05) is 6.07 Å². The molecule has 0 radical (unpaired) electrons. The number of nitrogens with zero attached hydrogens (tertiary/aromatic N) is 4. The molecule has 1 aliphatic heterocycles. The molecule has 2 aromatic heterocycles. The van der Waals surface area contributed by atoms with Crippen LogP contribution >= 0.6 is 0 Å². The number of methoxy groups -OCH3 is 1. The molecule has 0 saturated heterocycles. The molecule has 0 fully saturated rings. The molecule has 8 nitrogen and oxygen atoms in total. The summed E-state index contributed by atoms with van der Waals surface area (Å²) >= 11 is 0. The number of carbonyl (C=O) groups is 2. The van der Waals surface area contributed by atoms with Gasteiger partial charge in [0.15, 0.2) is 0 Å². The molecule has 3 aromatic rings. The topological polar surface area (TPSA) is 103 Å². The monoisotopic (exact) mass is 351 g/mol. The zero-order chi connectivity index (χ0) is 18.3. The largest absolute Gasteiger partial charge is 0.453 e. The van der Waals surface area contributed by atoms with Crippen molar-refractivity contribution in [2.45, 2.75) is 13.0 Å². The van der Waals surface area contributed by atoms with Gasteiger partial charge in [-0.25, -0.2) is 9.78 Å². The third-order valence-corrected chi connectivity index (χ3v) is 4.63. The Morgan fingerprint density at radius 2 is 2.12 bits per heavy atom. The van der Waals surface area contributed by atoms with Crippen LogP contribution < -0.4 is 5.73 Å². The van der Waals surface area contributed by atoms with E-state index >= 15 is 0 Å². The maximum atomic E-state index is 13.1. The highest BCUT2D eigenvalue weighted by Crippen LogP contribution is 2.25. The Morgan fingerprint density at radius 3 is 2.92 bits per heavy atom. The molecule has 1 amide bonds. The van der Waals surface area contributed by atoms with Crippen LogP contribution in [0.5, 0.6) is 0 Å². The molecule has 132 valence electrons. The van der Waals surface area contributed by atoms with Crippen molar-refractivity contribution in [3.05, 3.63) is 53.6 Å². The van der Waals surface area contributed by atoms with Crippen LogP contribution in [0.2, 0.25) is 0 Å². The molecule has 1 aliphatic rings. The van der Waals surface area contributed by atoms with Crippen molar-refractivity contribution < 1.29 is 14.3 Å². The standard InChI is InChI=1S/C18H17N5O3/c1-26-18(25)22-6-5-12-11(9-22)7-20-8-13(12)17(24)23-10-21-16-14(19)3-2-4-15(16)23/h2-4,7-8,10H,5-6,9,19H2,1H3. The van der Waals surface area contributed by atoms with E-state index in [9.17, 15) is 9.59 Å². The molecular weight excluding hydrogens is 334 g/mol. The molecule has 0 saturated carbocycles. The number of ether oxygens (including phenoxy) is 1. The lowest BCUT2D eigenvalue weighted by Gasteiger charge is -2.28. The molecule has 4 rings (SSSR count). The highest BCUT2D eigenvalue weighted by molar-refractivity contribution is 6.03. The van der Waals surface area contributed by atoms with Crippen LogP contribution in [0.4, 0.5) is 10.5 Å². The van der Waals surface area contributed by atoms with E-state index < -0.39 is 0 Å². The van der Waals surface area contributed by atoms with Gasteiger partial charge < -0.3 is 15.4 Å². The number of aromatic nitrogens is 3. The van der Waals surface area contributed by atoms with E-state index in [2.05, 4.69) is 9.97 Å². The van der Waals surface area contributed by atoms with E-state index in [1.807, 2.05) is 0 Å². The minimum Gasteiger partial charge on any atom is -0.453 e. The maximum Gasteiger partial charge on any atom is 0.409 e. The zero-order valence-corrected chi connectivity index (χ0v) is 14.2. The number of hydrogen-bond donors (Lipinski definition) is 1. The number of imidazole rings is 1. The van der Waals surface area contributed by atoms with E-state index in [0.29, 0.717) is 41.8 Å². The minimum absolute atomic E-state index is 0.214. The van der Waals surface area contributed by atoms with Gasteiger partial charge in [0.2, 0.25) is 0 Å². The first-order valence-corrected chi connectivity index (χ1v) is 8.15. The second-order valence-corrected chi connectivity index (χ2v) is 6.10. The van der Waals surface area contributed by atoms with Gasteiger partial charge in [-0.2, -0.15) is 0 Å². The first-order valence-electron chi connectivity index (χ1n) is 8.15. The Labute approximate surface area is 149 Å². The lowest BCUT2D eigenvalue weighted by molar-refractivity contribution is 0.0962. The fraction of sp³-hybridized carbons (Fsp3) is 0.222. The molecule has 8 heteroatoms. The summed E-state index contributed by atoms with van der Waals surface area (Å²) in [6.07, 6.45) is 4.90. The van der Waals surface area contributed by atoms with E-state index in [-0.39, 0.29) is 12.0 Å². The Hall–Kier alpha value is -3.42. The van der Waals surface area contributed by atoms with Crippen molar-refractivity contribution in [3.8, 4) is 0 Å². The predicted octanol–water partition coefficient (Wildman–Crippen LogP) is 1.83. The molecule has 0 bridgehead atoms. The van der Waals surface area contributed by atoms with Gasteiger partial charge in [0.05, 0.1) is 30.4 Å². The van der Waals surface area contributed by atoms with Gasteiger partial charge >= 0.3 is 6.09 Å². The molecule has 0 unspecified atom stereocenters. The summed E-state index contributed by atoms with van der Waals surface area (Å²) in [6, 6.07) is 5.34. The maximum absolute atomic E-state index is 13.1. The Balaban J connectivity index is 1.74. The van der Waals surface area contributed by atoms with Crippen LogP contribution in [-0.2, 0) is 17.7 Å². The Morgan fingerprint density at radius 1 is 1.27 bits per heavy atom. The normalized spacial score (nSPS) is 13.5. The van der Waals surface area contributed by atoms with Gasteiger partial charge in [-0.3, -0.25) is 14.3 Å². The van der Waals surface area contributed by atoms with Crippen LogP contribution in [0.1, 0.15) is 21.5 Å². The molecule has 26 heavy (non-hydrogen) atoms. The van der Waals surface area contributed by atoms with Crippen LogP contribution in [0, 0.1) is 0 Å². The van der Waals surface area contributed by atoms with E-state index in [1.54, 1.807) is 35.5 Å². The summed E-state index contributed by atoms with van der Waals surface area (Å²) in [5, 5.41) is 0. The second-order valence-electron chi connectivity index (χ2n) is 6.10. The average molecular weight is 351 g/mol. The van der Waals surface area contributed by atoms with Crippen molar-refractivity contribution in [1.82, 2.24) is 19.4 Å². The van der Waals surface area contributed by atoms with Crippen LogP contribution in [0.25, 0.3) is 11.0 Å². The highest BCUT2D eigenvalue weighted by atomic mass is 16.5. The first kappa shape index (κ1) is 16.1. The molecule has 1 aromatic carbocycles. The third-order valence-electron chi connectivity index (χ3n) is 4.63. The Bertz CT molecular complexity index is 1030. The number of carbonyl (C=O) groups excluding carboxylic acids is 2. The third kappa shape index (κ3) is 2.46. The molecule has 0 atom stereocenters. The van der Waals surface area contributed by atoms with Crippen molar-refractivity contribution in [2.24, 2.45) is 0 Å². The summed E-state index contributed by atoms with van der Waals surface area (Å²) in [4.78, 5) is 34.9. The number of benzene rings is 1. The van der Waals surface area contributed by atoms with Gasteiger partial charge in [-0.05, 0) is 29.7 Å². The SMILES string of the molecule is COC(=O)N1CCc2c(cncc2C(=O)n2cnc3c(N)cccc32)C1. The number of rotatable bonds is 1. The fourth-order valence-corrected chi connectivity index (χ4v) is 3.32. The first-order chi connectivity index (χ1) is 12.6. The molecule has 0 aliphatic carbocycles. The van der Waals surface area contributed by atoms with E-state index in [4.69, 9.17) is 10.5 Å². The van der Waals surface area contributed by atoms with Crippen LogP contribution in [-0.4, -0.2) is 45.1 Å². The fourth-order valence-electron chi connectivity index (χ4n) is 3.32. The number of amides is 1. The number of para-hydroxylation sites is 1. The quantitative estimate of drug-likeness (QED) is 0.671. The van der Waals surface area contributed by atoms with Crippen molar-refractivity contribution in [3.63, 3.8) is 0 Å². The van der Waals surface area contributed by atoms with Crippen molar-refractivity contribution >= 4 is 28.7 Å². The molecule has 2 N–H and O–H groups in total. The molecule has 3 heterocycles. The summed E-state index contributed by atoms with van der Waals surface area (Å²) in [5.74, 6) is -0.214. The molecular formula is C18H17N5O3. The Kier molecular flexibility index (Phi) is 3.80. The van der Waals surface area contributed by atoms with Gasteiger partial charge in [-0.15, -0.1) is 0 Å². The number of anilines is 1. The zero-order valence-electron chi connectivity index (χ0n) is 14.2. The van der Waals surface area contributed by atoms with Crippen LogP contribution in [0.3, 0.4) is 0 Å². The van der Waals surface area contributed by atoms with E-state index in [1.165, 1.54) is 18.0 Å². The summed E-state index contributed by atoms with van der Waals surface area (Å²) < 4.78 is 6.26. The number of fused-ring (bicyclic) bond motifs is 2. The lowest BCUT2D eigenvalue weighted by Crippen LogP contribution is -2.36. The van der Waals surface area contributed by atoms with Crippen molar-refractivity contribution in [2.75, 3.05) is 19.4 Å². The highest BCUT2D eigenvalue weighted by Gasteiger charge is 2.26. The van der Waals surface area contributed by atoms with Gasteiger partial charge in [0, 0.05) is 18.9 Å². The minimum atomic E-state index is -0.386. The predicted molar refractivity (Wildman–Crippen MR) is 94.6 cm³/mol. The van der Waals surface area contributed by atoms with E-state index in [0.717, 1.165) is 11.1 Å². The number of nitrogen functional groups attached to an aromatic ring is 1. The van der Waals surface area contributed by atoms with Gasteiger partial charge in [0.1, 0.15) is 11.8 Å². The smallest absolute Gasteiger partial charge is 0.409 e. The second kappa shape index (κ2) is 6.14. The van der Waals surface area contributed by atoms with Crippen LogP contribution in [0.15, 0.2) is 36.9 Å². The lowest BCUT2D eigenvalue weighted by atomic mass is 9.97. The summed E-state index contributed by atoms with van der Waals surface area (Å²) in [5.41, 5.74) is 9.95. The number of hydrogen-bond acceptors (Lipinski definition) is 6. The van der Waals surface area contributed by atoms with Crippen molar-refractivity contribution in [1.29, 1.82) is 0 Å². The summed E-state index contributed by atoms with van der Waals surface area (Å²) in [7, 11) is 1.35. The molecule has 0 spiro atoms. The number of nitrogens with two attached hydrogens (primary N) is 1. The number of pyridine rings is 1. The average Bonchev–Trinajstić information content (AvgIpc) is 3.11.